The van der Waals surface area contributed by atoms with Gasteiger partial charge < -0.3 is 33.8 Å². The van der Waals surface area contributed by atoms with Crippen LogP contribution in [0.25, 0.3) is 0 Å². The molecular formula is C86H168O17P2. The summed E-state index contributed by atoms with van der Waals surface area (Å²) in [4.78, 5) is 73.1. The Labute approximate surface area is 645 Å². The van der Waals surface area contributed by atoms with Gasteiger partial charge in [0.1, 0.15) is 19.3 Å². The number of carbonyl (C=O) groups excluding carboxylic acids is 4. The van der Waals surface area contributed by atoms with Crippen LogP contribution in [0.1, 0.15) is 465 Å². The van der Waals surface area contributed by atoms with Crippen LogP contribution in [0.15, 0.2) is 0 Å². The number of hydrogen-bond acceptors (Lipinski definition) is 15. The van der Waals surface area contributed by atoms with Gasteiger partial charge in [-0.05, 0) is 31.6 Å². The van der Waals surface area contributed by atoms with Gasteiger partial charge in [0, 0.05) is 25.7 Å². The molecule has 105 heavy (non-hydrogen) atoms. The van der Waals surface area contributed by atoms with Gasteiger partial charge in [-0.2, -0.15) is 0 Å². The molecule has 19 heteroatoms. The Balaban J connectivity index is 5.16. The van der Waals surface area contributed by atoms with Crippen LogP contribution in [0.4, 0.5) is 0 Å². The van der Waals surface area contributed by atoms with Crippen LogP contribution >= 0.6 is 15.6 Å². The number of aliphatic hydroxyl groups is 1. The zero-order chi connectivity index (χ0) is 76.9. The summed E-state index contributed by atoms with van der Waals surface area (Å²) in [5, 5.41) is 10.7. The quantitative estimate of drug-likeness (QED) is 0.0222. The Kier molecular flexibility index (Phi) is 77.3. The van der Waals surface area contributed by atoms with Gasteiger partial charge in [-0.1, -0.05) is 413 Å². The molecule has 0 radical (unpaired) electrons. The average molecular weight is 1540 g/mol. The Morgan fingerprint density at radius 3 is 0.648 bits per heavy atom. The summed E-state index contributed by atoms with van der Waals surface area (Å²) in [5.74, 6) is -1.28. The highest BCUT2D eigenvalue weighted by atomic mass is 31.2. The van der Waals surface area contributed by atoms with E-state index in [-0.39, 0.29) is 25.7 Å². The molecule has 0 bridgehead atoms. The summed E-state index contributed by atoms with van der Waals surface area (Å²) >= 11 is 0. The van der Waals surface area contributed by atoms with Crippen molar-refractivity contribution in [1.82, 2.24) is 0 Å². The molecule has 0 saturated carbocycles. The lowest BCUT2D eigenvalue weighted by atomic mass is 10.0. The maximum atomic E-state index is 13.1. The smallest absolute Gasteiger partial charge is 0.462 e. The lowest BCUT2D eigenvalue weighted by Crippen LogP contribution is -2.30. The normalized spacial score (nSPS) is 13.8. The number of carbonyl (C=O) groups is 4. The van der Waals surface area contributed by atoms with Gasteiger partial charge in [-0.25, -0.2) is 9.13 Å². The molecule has 3 N–H and O–H groups in total. The molecule has 5 atom stereocenters. The number of ether oxygens (including phenoxy) is 4. The third-order valence-corrected chi connectivity index (χ3v) is 22.2. The largest absolute Gasteiger partial charge is 0.472 e. The van der Waals surface area contributed by atoms with Crippen LogP contribution in [0, 0.1) is 5.92 Å². The number of aliphatic hydroxyl groups excluding tert-OH is 1. The number of phosphoric ester groups is 2. The maximum absolute atomic E-state index is 13.1. The van der Waals surface area contributed by atoms with E-state index in [1.54, 1.807) is 0 Å². The third kappa shape index (κ3) is 79.9. The van der Waals surface area contributed by atoms with Crippen molar-refractivity contribution in [2.45, 2.75) is 483 Å². The molecule has 0 aromatic carbocycles. The van der Waals surface area contributed by atoms with Gasteiger partial charge in [-0.15, -0.1) is 0 Å². The first kappa shape index (κ1) is 103. The molecule has 0 saturated heterocycles. The van der Waals surface area contributed by atoms with E-state index in [0.29, 0.717) is 25.7 Å². The molecule has 0 fully saturated rings. The summed E-state index contributed by atoms with van der Waals surface area (Å²) in [7, 11) is -9.92. The fourth-order valence-electron chi connectivity index (χ4n) is 13.5. The molecule has 0 aromatic heterocycles. The first-order chi connectivity index (χ1) is 51.0. The van der Waals surface area contributed by atoms with Crippen molar-refractivity contribution in [1.29, 1.82) is 0 Å². The van der Waals surface area contributed by atoms with Crippen molar-refractivity contribution in [3.8, 4) is 0 Å². The average Bonchev–Trinajstić information content (AvgIpc) is 0.945. The fourth-order valence-corrected chi connectivity index (χ4v) is 15.1. The van der Waals surface area contributed by atoms with Crippen molar-refractivity contribution in [2.75, 3.05) is 39.6 Å². The highest BCUT2D eigenvalue weighted by Crippen LogP contribution is 2.45. The lowest BCUT2D eigenvalue weighted by Gasteiger charge is -2.21. The maximum Gasteiger partial charge on any atom is 0.472 e. The summed E-state index contributed by atoms with van der Waals surface area (Å²) in [6.07, 6.45) is 72.5. The van der Waals surface area contributed by atoms with Crippen molar-refractivity contribution in [3.05, 3.63) is 0 Å². The molecule has 0 spiro atoms. The van der Waals surface area contributed by atoms with E-state index in [1.165, 1.54) is 276 Å². The Morgan fingerprint density at radius 2 is 0.438 bits per heavy atom. The third-order valence-electron chi connectivity index (χ3n) is 20.3. The predicted octanol–water partition coefficient (Wildman–Crippen LogP) is 26.4. The SMILES string of the molecule is CCCCCCCCCCCCCCCCCCCCCCC(=O)OC[C@H](COP(=O)(O)OC[C@@H](O)COP(=O)(O)OC[C@@H](COC(=O)CCCCCCCCC)OC(=O)CCCCCCCCCCCCCCCCCCC)OC(=O)CCCCCCCCCCCCCCCCCCCCC(C)C. The molecule has 0 aliphatic heterocycles. The van der Waals surface area contributed by atoms with Crippen molar-refractivity contribution in [3.63, 3.8) is 0 Å². The molecule has 624 valence electrons. The Bertz CT molecular complexity index is 2000. The van der Waals surface area contributed by atoms with Crippen molar-refractivity contribution >= 4 is 39.5 Å². The van der Waals surface area contributed by atoms with E-state index in [4.69, 9.17) is 37.0 Å². The van der Waals surface area contributed by atoms with Crippen molar-refractivity contribution < 1.29 is 80.2 Å². The number of hydrogen-bond donors (Lipinski definition) is 3. The second-order valence-electron chi connectivity index (χ2n) is 31.4. The van der Waals surface area contributed by atoms with Crippen LogP contribution in [-0.4, -0.2) is 96.7 Å². The standard InChI is InChI=1S/C86H168O17P2/c1-6-9-12-15-18-20-22-24-26-28-29-30-35-38-42-46-50-55-60-65-70-84(89)97-76-82(103-86(91)72-67-62-57-52-48-44-40-36-32-31-34-37-41-45-49-54-58-63-68-79(4)5)78-101-105(94,95)99-74-80(87)73-98-104(92,93)100-77-81(75-96-83(88)69-64-59-53-17-14-11-8-3)102-85(90)71-66-61-56-51-47-43-39-33-27-25-23-21-19-16-13-10-7-2/h79-82,87H,6-78H2,1-5H3,(H,92,93)(H,94,95)/t80-,81+,82+/m0/s1. The van der Waals surface area contributed by atoms with E-state index in [0.717, 1.165) is 109 Å². The van der Waals surface area contributed by atoms with Gasteiger partial charge >= 0.3 is 39.5 Å². The second-order valence-corrected chi connectivity index (χ2v) is 34.3. The van der Waals surface area contributed by atoms with Crippen LogP contribution < -0.4 is 0 Å². The molecule has 0 aromatic rings. The van der Waals surface area contributed by atoms with Crippen LogP contribution in [0.5, 0.6) is 0 Å². The van der Waals surface area contributed by atoms with E-state index in [1.807, 2.05) is 0 Å². The molecular weight excluding hydrogens is 1370 g/mol. The van der Waals surface area contributed by atoms with Gasteiger partial charge in [-0.3, -0.25) is 37.3 Å². The fraction of sp³-hybridized carbons (Fsp3) is 0.953. The highest BCUT2D eigenvalue weighted by molar-refractivity contribution is 7.47. The second kappa shape index (κ2) is 78.7. The van der Waals surface area contributed by atoms with Gasteiger partial charge in [0.2, 0.25) is 0 Å². The molecule has 0 amide bonds. The van der Waals surface area contributed by atoms with E-state index in [2.05, 4.69) is 34.6 Å². The zero-order valence-electron chi connectivity index (χ0n) is 68.9. The minimum absolute atomic E-state index is 0.109. The van der Waals surface area contributed by atoms with Gasteiger partial charge in [0.25, 0.3) is 0 Å². The van der Waals surface area contributed by atoms with Crippen LogP contribution in [-0.2, 0) is 65.4 Å². The lowest BCUT2D eigenvalue weighted by molar-refractivity contribution is -0.161. The van der Waals surface area contributed by atoms with Crippen LogP contribution in [0.2, 0.25) is 0 Å². The van der Waals surface area contributed by atoms with Crippen LogP contribution in [0.3, 0.4) is 0 Å². The number of unbranched alkanes of at least 4 members (excludes halogenated alkanes) is 58. The minimum Gasteiger partial charge on any atom is -0.462 e. The van der Waals surface area contributed by atoms with E-state index >= 15 is 0 Å². The Hall–Kier alpha value is -1.94. The molecule has 2 unspecified atom stereocenters. The van der Waals surface area contributed by atoms with Gasteiger partial charge in [0.05, 0.1) is 26.4 Å². The molecule has 0 aliphatic carbocycles. The topological polar surface area (TPSA) is 237 Å². The number of esters is 4. The summed E-state index contributed by atoms with van der Waals surface area (Å²) < 4.78 is 68.8. The minimum atomic E-state index is -4.96. The van der Waals surface area contributed by atoms with E-state index in [9.17, 15) is 43.2 Å². The van der Waals surface area contributed by atoms with Gasteiger partial charge in [0.15, 0.2) is 12.2 Å². The molecule has 0 aliphatic rings. The summed E-state index contributed by atoms with van der Waals surface area (Å²) in [6, 6.07) is 0. The number of rotatable bonds is 86. The zero-order valence-corrected chi connectivity index (χ0v) is 70.7. The highest BCUT2D eigenvalue weighted by Gasteiger charge is 2.30. The monoisotopic (exact) mass is 1540 g/mol. The summed E-state index contributed by atoms with van der Waals surface area (Å²) in [6.45, 7) is 7.36. The first-order valence-corrected chi connectivity index (χ1v) is 47.6. The summed E-state index contributed by atoms with van der Waals surface area (Å²) in [5.41, 5.74) is 0. The first-order valence-electron chi connectivity index (χ1n) is 44.6. The predicted molar refractivity (Wildman–Crippen MR) is 432 cm³/mol. The van der Waals surface area contributed by atoms with E-state index < -0.39 is 97.5 Å². The number of phosphoric acid groups is 2. The van der Waals surface area contributed by atoms with Crippen molar-refractivity contribution in [2.24, 2.45) is 5.92 Å². The molecule has 0 rings (SSSR count). The molecule has 0 heterocycles. The Morgan fingerprint density at radius 1 is 0.257 bits per heavy atom. The molecule has 17 nitrogen and oxygen atoms in total.